The number of hydrogen-bond acceptors (Lipinski definition) is 2. The fourth-order valence-corrected chi connectivity index (χ4v) is 3.49. The van der Waals surface area contributed by atoms with Crippen molar-refractivity contribution in [3.05, 3.63) is 70.5 Å². The van der Waals surface area contributed by atoms with Crippen LogP contribution in [-0.2, 0) is 13.0 Å². The van der Waals surface area contributed by atoms with Gasteiger partial charge in [-0.25, -0.2) is 14.0 Å². The summed E-state index contributed by atoms with van der Waals surface area (Å²) < 4.78 is 13.5. The van der Waals surface area contributed by atoms with Crippen LogP contribution in [0.15, 0.2) is 42.5 Å². The number of carboxylic acid groups (broad SMARTS) is 1. The van der Waals surface area contributed by atoms with Crippen molar-refractivity contribution in [2.75, 3.05) is 13.1 Å². The highest BCUT2D eigenvalue weighted by atomic mass is 19.1. The van der Waals surface area contributed by atoms with Crippen molar-refractivity contribution >= 4 is 12.0 Å². The lowest BCUT2D eigenvalue weighted by atomic mass is 9.97. The molecule has 2 amide bonds. The van der Waals surface area contributed by atoms with E-state index in [1.54, 1.807) is 11.0 Å². The normalized spacial score (nSPS) is 16.4. The summed E-state index contributed by atoms with van der Waals surface area (Å²) in [5.74, 6) is -1.76. The Bertz CT molecular complexity index is 853. The van der Waals surface area contributed by atoms with Crippen LogP contribution in [0.4, 0.5) is 9.18 Å². The minimum atomic E-state index is -1.27. The summed E-state index contributed by atoms with van der Waals surface area (Å²) >= 11 is 0. The van der Waals surface area contributed by atoms with E-state index in [0.29, 0.717) is 26.1 Å². The van der Waals surface area contributed by atoms with Crippen LogP contribution in [0.3, 0.4) is 0 Å². The van der Waals surface area contributed by atoms with Crippen LogP contribution < -0.4 is 5.32 Å². The van der Waals surface area contributed by atoms with Crippen LogP contribution >= 0.6 is 0 Å². The minimum absolute atomic E-state index is 0.0932. The zero-order valence-electron chi connectivity index (χ0n) is 15.2. The van der Waals surface area contributed by atoms with Crippen LogP contribution in [0.5, 0.6) is 0 Å². The highest BCUT2D eigenvalue weighted by molar-refractivity contribution is 5.88. The molecule has 0 radical (unpaired) electrons. The molecule has 2 aromatic rings. The summed E-state index contributed by atoms with van der Waals surface area (Å²) in [6, 6.07) is 12.1. The van der Waals surface area contributed by atoms with Crippen LogP contribution in [0.2, 0.25) is 0 Å². The molecule has 1 fully saturated rings. The number of hydrogen-bond donors (Lipinski definition) is 2. The number of halogens is 1. The Morgan fingerprint density at radius 1 is 1.22 bits per heavy atom. The molecule has 0 spiro atoms. The Labute approximate surface area is 157 Å². The number of rotatable bonds is 5. The maximum atomic E-state index is 13.5. The Balaban J connectivity index is 1.53. The first kappa shape index (κ1) is 18.9. The van der Waals surface area contributed by atoms with Crippen LogP contribution in [-0.4, -0.2) is 35.1 Å². The highest BCUT2D eigenvalue weighted by Crippen LogP contribution is 2.22. The topological polar surface area (TPSA) is 69.6 Å². The van der Waals surface area contributed by atoms with Crippen LogP contribution in [0.1, 0.15) is 33.5 Å². The smallest absolute Gasteiger partial charge is 0.338 e. The number of likely N-dealkylation sites (tertiary alicyclic amines) is 1. The van der Waals surface area contributed by atoms with E-state index in [9.17, 15) is 14.0 Å². The molecular weight excluding hydrogens is 347 g/mol. The SMILES string of the molecule is Cc1cccc(CNC(=O)N2CCC(Cc3ccc(F)c(C(=O)O)c3)C2)c1. The lowest BCUT2D eigenvalue weighted by molar-refractivity contribution is 0.0691. The number of carboxylic acids is 1. The van der Waals surface area contributed by atoms with Gasteiger partial charge in [-0.1, -0.05) is 35.9 Å². The first-order chi connectivity index (χ1) is 12.9. The molecule has 0 aromatic heterocycles. The van der Waals surface area contributed by atoms with Gasteiger partial charge in [-0.05, 0) is 48.9 Å². The van der Waals surface area contributed by atoms with Crippen molar-refractivity contribution in [3.8, 4) is 0 Å². The van der Waals surface area contributed by atoms with Crippen molar-refractivity contribution in [2.45, 2.75) is 26.3 Å². The van der Waals surface area contributed by atoms with Crippen LogP contribution in [0, 0.1) is 18.7 Å². The molecule has 27 heavy (non-hydrogen) atoms. The van der Waals surface area contributed by atoms with E-state index in [0.717, 1.165) is 23.1 Å². The number of nitrogens with one attached hydrogen (secondary N) is 1. The third kappa shape index (κ3) is 4.84. The Morgan fingerprint density at radius 3 is 2.78 bits per heavy atom. The number of aryl methyl sites for hydroxylation is 1. The number of carbonyl (C=O) groups is 2. The van der Waals surface area contributed by atoms with Gasteiger partial charge in [-0.3, -0.25) is 0 Å². The predicted molar refractivity (Wildman–Crippen MR) is 100 cm³/mol. The van der Waals surface area contributed by atoms with Gasteiger partial charge in [0.05, 0.1) is 5.56 Å². The van der Waals surface area contributed by atoms with Gasteiger partial charge < -0.3 is 15.3 Å². The first-order valence-electron chi connectivity index (χ1n) is 9.02. The van der Waals surface area contributed by atoms with Crippen LogP contribution in [0.25, 0.3) is 0 Å². The summed E-state index contributed by atoms with van der Waals surface area (Å²) in [4.78, 5) is 25.2. The molecule has 6 heteroatoms. The Morgan fingerprint density at radius 2 is 2.04 bits per heavy atom. The average molecular weight is 370 g/mol. The number of carbonyl (C=O) groups excluding carboxylic acids is 1. The van der Waals surface area contributed by atoms with E-state index in [1.807, 2.05) is 31.2 Å². The summed E-state index contributed by atoms with van der Waals surface area (Å²) in [6.45, 7) is 3.78. The number of amides is 2. The van der Waals surface area contributed by atoms with Gasteiger partial charge in [0, 0.05) is 19.6 Å². The standard InChI is InChI=1S/C21H23FN2O3/c1-14-3-2-4-16(9-14)12-23-21(27)24-8-7-17(13-24)10-15-5-6-19(22)18(11-15)20(25)26/h2-6,9,11,17H,7-8,10,12-13H2,1H3,(H,23,27)(H,25,26). The van der Waals surface area contributed by atoms with Gasteiger partial charge in [0.15, 0.2) is 0 Å². The fraction of sp³-hybridized carbons (Fsp3) is 0.333. The number of benzene rings is 2. The van der Waals surface area contributed by atoms with Crippen molar-refractivity contribution in [1.29, 1.82) is 0 Å². The zero-order valence-corrected chi connectivity index (χ0v) is 15.2. The molecule has 0 aliphatic carbocycles. The maximum Gasteiger partial charge on any atom is 0.338 e. The second-order valence-electron chi connectivity index (χ2n) is 7.07. The average Bonchev–Trinajstić information content (AvgIpc) is 3.10. The fourth-order valence-electron chi connectivity index (χ4n) is 3.49. The van der Waals surface area contributed by atoms with Gasteiger partial charge in [0.1, 0.15) is 5.82 Å². The summed E-state index contributed by atoms with van der Waals surface area (Å²) in [7, 11) is 0. The predicted octanol–water partition coefficient (Wildman–Crippen LogP) is 3.61. The van der Waals surface area contributed by atoms with E-state index in [-0.39, 0.29) is 17.5 Å². The van der Waals surface area contributed by atoms with Gasteiger partial charge >= 0.3 is 12.0 Å². The molecule has 0 saturated carbocycles. The quantitative estimate of drug-likeness (QED) is 0.845. The van der Waals surface area contributed by atoms with E-state index in [2.05, 4.69) is 5.32 Å². The number of aromatic carboxylic acids is 1. The third-order valence-electron chi connectivity index (χ3n) is 4.88. The molecule has 1 heterocycles. The van der Waals surface area contributed by atoms with Gasteiger partial charge in [-0.2, -0.15) is 0 Å². The van der Waals surface area contributed by atoms with Gasteiger partial charge in [-0.15, -0.1) is 0 Å². The molecule has 1 aliphatic heterocycles. The van der Waals surface area contributed by atoms with Crippen molar-refractivity contribution in [3.63, 3.8) is 0 Å². The second kappa shape index (κ2) is 8.20. The largest absolute Gasteiger partial charge is 0.478 e. The van der Waals surface area contributed by atoms with Crippen molar-refractivity contribution < 1.29 is 19.1 Å². The second-order valence-corrected chi connectivity index (χ2v) is 7.07. The third-order valence-corrected chi connectivity index (χ3v) is 4.88. The van der Waals surface area contributed by atoms with E-state index in [1.165, 1.54) is 12.1 Å². The van der Waals surface area contributed by atoms with E-state index in [4.69, 9.17) is 5.11 Å². The van der Waals surface area contributed by atoms with Gasteiger partial charge in [0.2, 0.25) is 0 Å². The Kier molecular flexibility index (Phi) is 5.74. The molecular formula is C21H23FN2O3. The highest BCUT2D eigenvalue weighted by Gasteiger charge is 2.26. The van der Waals surface area contributed by atoms with E-state index >= 15 is 0 Å². The molecule has 3 rings (SSSR count). The molecule has 5 nitrogen and oxygen atoms in total. The van der Waals surface area contributed by atoms with Crippen molar-refractivity contribution in [2.24, 2.45) is 5.92 Å². The van der Waals surface area contributed by atoms with Gasteiger partial charge in [0.25, 0.3) is 0 Å². The molecule has 1 unspecified atom stereocenters. The minimum Gasteiger partial charge on any atom is -0.478 e. The number of urea groups is 1. The molecule has 1 saturated heterocycles. The molecule has 142 valence electrons. The lowest BCUT2D eigenvalue weighted by Crippen LogP contribution is -2.38. The molecule has 2 N–H and O–H groups in total. The monoisotopic (exact) mass is 370 g/mol. The molecule has 0 bridgehead atoms. The Hall–Kier alpha value is -2.89. The number of nitrogens with zero attached hydrogens (tertiary/aromatic N) is 1. The molecule has 1 atom stereocenters. The van der Waals surface area contributed by atoms with E-state index < -0.39 is 11.8 Å². The summed E-state index contributed by atoms with van der Waals surface area (Å²) in [5.41, 5.74) is 2.69. The first-order valence-corrected chi connectivity index (χ1v) is 9.02. The molecule has 1 aliphatic rings. The lowest BCUT2D eigenvalue weighted by Gasteiger charge is -2.18. The summed E-state index contributed by atoms with van der Waals surface area (Å²) in [5, 5.41) is 12.0. The summed E-state index contributed by atoms with van der Waals surface area (Å²) in [6.07, 6.45) is 1.47. The molecule has 2 aromatic carbocycles. The maximum absolute atomic E-state index is 13.5. The van der Waals surface area contributed by atoms with Crippen molar-refractivity contribution in [1.82, 2.24) is 10.2 Å². The zero-order chi connectivity index (χ0) is 19.4.